The summed E-state index contributed by atoms with van der Waals surface area (Å²) in [5.74, 6) is -0.439. The minimum atomic E-state index is -5.49. The normalized spacial score (nSPS) is 13.8. The fourth-order valence-corrected chi connectivity index (χ4v) is 4.25. The summed E-state index contributed by atoms with van der Waals surface area (Å²) in [6, 6.07) is 15.6. The maximum atomic E-state index is 14.6. The van der Waals surface area contributed by atoms with Crippen LogP contribution in [0.4, 0.5) is 14.5 Å². The number of anilines is 1. The average Bonchev–Trinajstić information content (AvgIpc) is 2.67. The zero-order valence-corrected chi connectivity index (χ0v) is 17.2. The molecule has 0 heterocycles. The summed E-state index contributed by atoms with van der Waals surface area (Å²) in [5, 5.41) is 12.1. The maximum absolute atomic E-state index is 14.6. The number of carbonyl (C=O) groups excluding carboxylic acids is 1. The number of benzene rings is 3. The Morgan fingerprint density at radius 2 is 1.79 bits per heavy atom. The molecule has 1 atom stereocenters. The van der Waals surface area contributed by atoms with Gasteiger partial charge in [-0.3, -0.25) is 13.9 Å². The van der Waals surface area contributed by atoms with Crippen LogP contribution in [-0.2, 0) is 14.8 Å². The predicted octanol–water partition coefficient (Wildman–Crippen LogP) is 5.06. The Morgan fingerprint density at radius 3 is 2.45 bits per heavy atom. The zero-order valence-electron chi connectivity index (χ0n) is 14.7. The summed E-state index contributed by atoms with van der Waals surface area (Å²) in [6.07, 6.45) is 0. The van der Waals surface area contributed by atoms with Crippen molar-refractivity contribution in [1.82, 2.24) is 0 Å². The Morgan fingerprint density at radius 1 is 1.10 bits per heavy atom. The van der Waals surface area contributed by atoms with Crippen LogP contribution in [0, 0.1) is 0 Å². The molecule has 0 aliphatic carbocycles. The molecule has 0 aromatic heterocycles. The van der Waals surface area contributed by atoms with E-state index in [9.17, 15) is 23.0 Å². The lowest BCUT2D eigenvalue weighted by molar-refractivity contribution is 0.0148. The molecule has 3 N–H and O–H groups in total. The Labute approximate surface area is 172 Å². The number of para-hydroxylation sites is 1. The van der Waals surface area contributed by atoms with Gasteiger partial charge in [-0.05, 0) is 47.2 Å². The third kappa shape index (κ3) is 4.39. The highest BCUT2D eigenvalue weighted by atomic mass is 79.9. The van der Waals surface area contributed by atoms with E-state index in [1.54, 1.807) is 36.4 Å². The fourth-order valence-electron chi connectivity index (χ4n) is 2.68. The van der Waals surface area contributed by atoms with Gasteiger partial charge in [0.05, 0.1) is 0 Å². The van der Waals surface area contributed by atoms with Crippen LogP contribution in [0.1, 0.15) is 15.9 Å². The number of halogens is 3. The lowest BCUT2D eigenvalue weighted by Crippen LogP contribution is -2.17. The van der Waals surface area contributed by atoms with Crippen LogP contribution in [-0.4, -0.2) is 22.7 Å². The molecule has 152 valence electrons. The van der Waals surface area contributed by atoms with E-state index in [4.69, 9.17) is 5.11 Å². The molecule has 0 aliphatic rings. The molecule has 3 aromatic carbocycles. The lowest BCUT2D eigenvalue weighted by Gasteiger charge is -2.23. The molecule has 6 nitrogen and oxygen atoms in total. The van der Waals surface area contributed by atoms with E-state index >= 15 is 0 Å². The van der Waals surface area contributed by atoms with Crippen LogP contribution in [0.3, 0.4) is 0 Å². The third-order valence-electron chi connectivity index (χ3n) is 4.13. The van der Waals surface area contributed by atoms with Gasteiger partial charge in [0.1, 0.15) is 0 Å². The Kier molecular flexibility index (Phi) is 6.16. The van der Waals surface area contributed by atoms with Gasteiger partial charge < -0.3 is 15.3 Å². The van der Waals surface area contributed by atoms with Crippen LogP contribution < -0.4 is 5.32 Å². The molecule has 0 bridgehead atoms. The quantitative estimate of drug-likeness (QED) is 0.335. The fraction of sp³-hybridized carbons (Fsp3) is 0.105. The number of hydrogen-bond acceptors (Lipinski definition) is 4. The molecule has 29 heavy (non-hydrogen) atoms. The van der Waals surface area contributed by atoms with Crippen molar-refractivity contribution in [2.75, 3.05) is 12.1 Å². The smallest absolute Gasteiger partial charge is 0.370 e. The Bertz CT molecular complexity index is 1110. The van der Waals surface area contributed by atoms with Crippen molar-refractivity contribution in [3.8, 4) is 0 Å². The molecule has 0 fully saturated rings. The minimum absolute atomic E-state index is 0.118. The number of nitrogens with one attached hydrogen (secondary N) is 1. The number of carbonyl (C=O) groups is 1. The minimum Gasteiger partial charge on any atom is -0.370 e. The molecule has 0 saturated carbocycles. The van der Waals surface area contributed by atoms with Gasteiger partial charge in [-0.1, -0.05) is 40.2 Å². The van der Waals surface area contributed by atoms with E-state index in [1.807, 2.05) is 0 Å². The van der Waals surface area contributed by atoms with Crippen molar-refractivity contribution < 1.29 is 32.7 Å². The molecule has 10 heteroatoms. The van der Waals surface area contributed by atoms with Gasteiger partial charge in [0.2, 0.25) is 0 Å². The first-order valence-corrected chi connectivity index (χ1v) is 10.6. The van der Waals surface area contributed by atoms with E-state index in [1.165, 1.54) is 18.2 Å². The van der Waals surface area contributed by atoms with Gasteiger partial charge in [-0.15, -0.1) is 0 Å². The first-order valence-electron chi connectivity index (χ1n) is 8.22. The molecular weight excluding hydrogens is 471 g/mol. The third-order valence-corrected chi connectivity index (χ3v) is 6.20. The van der Waals surface area contributed by atoms with Crippen molar-refractivity contribution in [1.29, 1.82) is 0 Å². The van der Waals surface area contributed by atoms with Crippen LogP contribution in [0.5, 0.6) is 0 Å². The molecule has 0 saturated heterocycles. The molecule has 3 aromatic rings. The van der Waals surface area contributed by atoms with Crippen molar-refractivity contribution in [3.63, 3.8) is 0 Å². The van der Waals surface area contributed by atoms with Gasteiger partial charge in [-0.2, -0.15) is 8.78 Å². The number of rotatable bonds is 6. The second kappa shape index (κ2) is 8.30. The van der Waals surface area contributed by atoms with Gasteiger partial charge >= 0.3 is 13.3 Å². The second-order valence-corrected chi connectivity index (χ2v) is 8.75. The number of fused-ring (bicyclic) bond motifs is 1. The van der Waals surface area contributed by atoms with Crippen molar-refractivity contribution in [2.45, 2.75) is 5.66 Å². The highest BCUT2D eigenvalue weighted by Gasteiger charge is 2.53. The highest BCUT2D eigenvalue weighted by molar-refractivity contribution is 9.10. The number of amides is 1. The Balaban J connectivity index is 2.01. The molecular formula is C19H15BrF2NO5P. The molecule has 0 radical (unpaired) electrons. The van der Waals surface area contributed by atoms with E-state index in [0.717, 1.165) is 6.07 Å². The van der Waals surface area contributed by atoms with E-state index in [2.05, 4.69) is 25.8 Å². The summed E-state index contributed by atoms with van der Waals surface area (Å²) in [5.41, 5.74) is -4.30. The van der Waals surface area contributed by atoms with Crippen molar-refractivity contribution in [3.05, 3.63) is 76.3 Å². The monoisotopic (exact) mass is 485 g/mol. The van der Waals surface area contributed by atoms with E-state index < -0.39 is 31.5 Å². The van der Waals surface area contributed by atoms with Crippen LogP contribution in [0.15, 0.2) is 65.1 Å². The van der Waals surface area contributed by atoms with Crippen LogP contribution in [0.2, 0.25) is 0 Å². The molecule has 1 unspecified atom stereocenters. The summed E-state index contributed by atoms with van der Waals surface area (Å²) in [6.45, 7) is -1.33. The number of aliphatic hydroxyl groups is 1. The number of alkyl halides is 2. The zero-order chi connectivity index (χ0) is 21.2. The van der Waals surface area contributed by atoms with Crippen molar-refractivity contribution >= 4 is 45.9 Å². The summed E-state index contributed by atoms with van der Waals surface area (Å²) in [7, 11) is -5.49. The van der Waals surface area contributed by atoms with Gasteiger partial charge in [0.25, 0.3) is 5.91 Å². The summed E-state index contributed by atoms with van der Waals surface area (Å²) in [4.78, 5) is 22.0. The van der Waals surface area contributed by atoms with E-state index in [-0.39, 0.29) is 15.4 Å². The predicted molar refractivity (Wildman–Crippen MR) is 108 cm³/mol. The molecule has 0 spiro atoms. The van der Waals surface area contributed by atoms with Gasteiger partial charge in [0, 0.05) is 21.3 Å². The SMILES string of the molecule is O=C(Nc1ccccc1)c1ccc2cc(Br)c(C(F)(F)P(=O)(O)OCO)cc2c1. The molecule has 0 aliphatic heterocycles. The summed E-state index contributed by atoms with van der Waals surface area (Å²) < 4.78 is 44.9. The maximum Gasteiger partial charge on any atom is 0.404 e. The van der Waals surface area contributed by atoms with E-state index in [0.29, 0.717) is 11.1 Å². The highest BCUT2D eigenvalue weighted by Crippen LogP contribution is 2.64. The molecule has 3 rings (SSSR count). The molecule has 1 amide bonds. The topological polar surface area (TPSA) is 95.9 Å². The van der Waals surface area contributed by atoms with Crippen LogP contribution in [0.25, 0.3) is 10.8 Å². The first-order chi connectivity index (χ1) is 13.7. The van der Waals surface area contributed by atoms with Crippen molar-refractivity contribution in [2.24, 2.45) is 0 Å². The number of hydrogen-bond donors (Lipinski definition) is 3. The average molecular weight is 486 g/mol. The lowest BCUT2D eigenvalue weighted by atomic mass is 10.0. The van der Waals surface area contributed by atoms with Gasteiger partial charge in [-0.25, -0.2) is 0 Å². The number of aliphatic hydroxyl groups excluding tert-OH is 1. The summed E-state index contributed by atoms with van der Waals surface area (Å²) >= 11 is 2.98. The van der Waals surface area contributed by atoms with Crippen LogP contribution >= 0.6 is 23.5 Å². The largest absolute Gasteiger partial charge is 0.404 e. The first kappa shape index (κ1) is 21.5. The Hall–Kier alpha value is -2.16. The second-order valence-electron chi connectivity index (χ2n) is 6.03. The standard InChI is InChI=1S/C19H15BrF2NO5P/c20-17-10-12-6-7-13(18(25)23-15-4-2-1-3-5-15)8-14(12)9-16(17)19(21,22)29(26,27)28-11-24/h1-10,24H,11H2,(H,23,25)(H,26,27). The van der Waals surface area contributed by atoms with Gasteiger partial charge in [0.15, 0.2) is 6.79 Å².